The Bertz CT molecular complexity index is 860. The van der Waals surface area contributed by atoms with Crippen LogP contribution in [0.4, 0.5) is 0 Å². The molecule has 7 heteroatoms. The van der Waals surface area contributed by atoms with Gasteiger partial charge >= 0.3 is 5.97 Å². The lowest BCUT2D eigenvalue weighted by atomic mass is 9.90. The second kappa shape index (κ2) is 7.82. The van der Waals surface area contributed by atoms with Crippen molar-refractivity contribution < 1.29 is 19.5 Å². The predicted octanol–water partition coefficient (Wildman–Crippen LogP) is 1.78. The highest BCUT2D eigenvalue weighted by atomic mass is 16.4. The average Bonchev–Trinajstić information content (AvgIpc) is 3.02. The van der Waals surface area contributed by atoms with Crippen molar-refractivity contribution in [2.24, 2.45) is 11.8 Å². The summed E-state index contributed by atoms with van der Waals surface area (Å²) in [7, 11) is 0. The number of amides is 2. The number of hydrogen-bond donors (Lipinski definition) is 3. The topological polar surface area (TPSA) is 103 Å². The van der Waals surface area contributed by atoms with Crippen molar-refractivity contribution in [3.8, 4) is 0 Å². The van der Waals surface area contributed by atoms with E-state index in [1.165, 1.54) is 6.92 Å². The number of carbonyl (C=O) groups is 3. The summed E-state index contributed by atoms with van der Waals surface area (Å²) in [6.07, 6.45) is 2.77. The fourth-order valence-corrected chi connectivity index (χ4v) is 3.90. The molecule has 2 aromatic rings. The highest BCUT2D eigenvalue weighted by Crippen LogP contribution is 2.24. The van der Waals surface area contributed by atoms with Crippen LogP contribution in [-0.4, -0.2) is 51.9 Å². The van der Waals surface area contributed by atoms with E-state index in [4.69, 9.17) is 0 Å². The molecule has 3 rings (SSSR count). The molecule has 27 heavy (non-hydrogen) atoms. The molecule has 1 aromatic carbocycles. The fourth-order valence-electron chi connectivity index (χ4n) is 3.90. The van der Waals surface area contributed by atoms with Crippen LogP contribution in [0.25, 0.3) is 10.9 Å². The van der Waals surface area contributed by atoms with Crippen molar-refractivity contribution in [3.05, 3.63) is 36.0 Å². The van der Waals surface area contributed by atoms with Gasteiger partial charge in [0.15, 0.2) is 0 Å². The summed E-state index contributed by atoms with van der Waals surface area (Å²) in [4.78, 5) is 41.0. The van der Waals surface area contributed by atoms with Crippen LogP contribution in [0.15, 0.2) is 30.5 Å². The molecule has 3 atom stereocenters. The molecular formula is C20H25N3O4. The second-order valence-corrected chi connectivity index (χ2v) is 7.44. The number of para-hydroxylation sites is 1. The highest BCUT2D eigenvalue weighted by molar-refractivity contribution is 5.89. The number of aromatic nitrogens is 1. The van der Waals surface area contributed by atoms with Gasteiger partial charge in [-0.3, -0.25) is 14.4 Å². The van der Waals surface area contributed by atoms with E-state index in [0.29, 0.717) is 19.4 Å². The summed E-state index contributed by atoms with van der Waals surface area (Å²) in [6, 6.07) is 7.07. The SMILES string of the molecule is CC(=O)NC(Cc1c[nH]c2ccccc12)C(=O)N1CC(C)CC(C(=O)O)C1. The Labute approximate surface area is 157 Å². The van der Waals surface area contributed by atoms with Crippen LogP contribution in [0.2, 0.25) is 0 Å². The number of nitrogens with zero attached hydrogens (tertiary/aromatic N) is 1. The first-order chi connectivity index (χ1) is 12.8. The number of piperidine rings is 1. The number of benzene rings is 1. The van der Waals surface area contributed by atoms with E-state index in [9.17, 15) is 19.5 Å². The van der Waals surface area contributed by atoms with Crippen molar-refractivity contribution in [3.63, 3.8) is 0 Å². The number of H-pyrrole nitrogens is 1. The van der Waals surface area contributed by atoms with Crippen LogP contribution in [0.1, 0.15) is 25.8 Å². The minimum Gasteiger partial charge on any atom is -0.481 e. The summed E-state index contributed by atoms with van der Waals surface area (Å²) in [6.45, 7) is 4.02. The normalized spacial score (nSPS) is 21.0. The molecule has 0 aliphatic carbocycles. The largest absolute Gasteiger partial charge is 0.481 e. The minimum absolute atomic E-state index is 0.106. The number of carboxylic acids is 1. The van der Waals surface area contributed by atoms with Gasteiger partial charge in [0.1, 0.15) is 6.04 Å². The molecular weight excluding hydrogens is 346 g/mol. The summed E-state index contributed by atoms with van der Waals surface area (Å²) in [5, 5.41) is 13.1. The summed E-state index contributed by atoms with van der Waals surface area (Å²) < 4.78 is 0. The lowest BCUT2D eigenvalue weighted by Gasteiger charge is -2.36. The number of hydrogen-bond acceptors (Lipinski definition) is 3. The van der Waals surface area contributed by atoms with Gasteiger partial charge in [-0.15, -0.1) is 0 Å². The third kappa shape index (κ3) is 4.30. The molecule has 144 valence electrons. The van der Waals surface area contributed by atoms with Crippen LogP contribution in [-0.2, 0) is 20.8 Å². The summed E-state index contributed by atoms with van der Waals surface area (Å²) in [5.41, 5.74) is 1.91. The molecule has 2 amide bonds. The molecule has 0 bridgehead atoms. The number of carboxylic acid groups (broad SMARTS) is 1. The second-order valence-electron chi connectivity index (χ2n) is 7.44. The van der Waals surface area contributed by atoms with E-state index >= 15 is 0 Å². The number of carbonyl (C=O) groups excluding carboxylic acids is 2. The Morgan fingerprint density at radius 1 is 1.30 bits per heavy atom. The van der Waals surface area contributed by atoms with Crippen LogP contribution >= 0.6 is 0 Å². The number of rotatable bonds is 5. The van der Waals surface area contributed by atoms with Gasteiger partial charge in [-0.25, -0.2) is 0 Å². The molecule has 0 saturated carbocycles. The first-order valence-corrected chi connectivity index (χ1v) is 9.18. The van der Waals surface area contributed by atoms with Gasteiger partial charge in [0.2, 0.25) is 11.8 Å². The molecule has 3 unspecified atom stereocenters. The molecule has 1 saturated heterocycles. The zero-order chi connectivity index (χ0) is 19.6. The Balaban J connectivity index is 1.82. The predicted molar refractivity (Wildman–Crippen MR) is 101 cm³/mol. The molecule has 3 N–H and O–H groups in total. The van der Waals surface area contributed by atoms with E-state index in [2.05, 4.69) is 10.3 Å². The van der Waals surface area contributed by atoms with Crippen molar-refractivity contribution in [1.82, 2.24) is 15.2 Å². The van der Waals surface area contributed by atoms with Crippen LogP contribution < -0.4 is 5.32 Å². The van der Waals surface area contributed by atoms with Crippen LogP contribution in [0.5, 0.6) is 0 Å². The number of likely N-dealkylation sites (tertiary alicyclic amines) is 1. The monoisotopic (exact) mass is 371 g/mol. The van der Waals surface area contributed by atoms with E-state index in [-0.39, 0.29) is 24.3 Å². The van der Waals surface area contributed by atoms with Gasteiger partial charge in [-0.1, -0.05) is 25.1 Å². The van der Waals surface area contributed by atoms with Gasteiger partial charge in [0.05, 0.1) is 5.92 Å². The Morgan fingerprint density at radius 2 is 2.04 bits per heavy atom. The highest BCUT2D eigenvalue weighted by Gasteiger charge is 2.35. The summed E-state index contributed by atoms with van der Waals surface area (Å²) in [5.74, 6) is -1.85. The lowest BCUT2D eigenvalue weighted by Crippen LogP contribution is -2.54. The van der Waals surface area contributed by atoms with Crippen molar-refractivity contribution >= 4 is 28.7 Å². The molecule has 1 aromatic heterocycles. The number of aliphatic carboxylic acids is 1. The van der Waals surface area contributed by atoms with Crippen LogP contribution in [0, 0.1) is 11.8 Å². The lowest BCUT2D eigenvalue weighted by molar-refractivity contribution is -0.148. The molecule has 1 aliphatic rings. The first kappa shape index (κ1) is 18.9. The Hall–Kier alpha value is -2.83. The standard InChI is InChI=1S/C20H25N3O4/c1-12-7-15(20(26)27)11-23(10-12)19(25)18(22-13(2)24)8-14-9-21-17-6-4-3-5-16(14)17/h3-6,9,12,15,18,21H,7-8,10-11H2,1-2H3,(H,22,24)(H,26,27). The minimum atomic E-state index is -0.882. The molecule has 0 spiro atoms. The number of aromatic amines is 1. The van der Waals surface area contributed by atoms with Crippen molar-refractivity contribution in [1.29, 1.82) is 0 Å². The van der Waals surface area contributed by atoms with Gasteiger partial charge < -0.3 is 20.3 Å². The van der Waals surface area contributed by atoms with E-state index < -0.39 is 17.9 Å². The quantitative estimate of drug-likeness (QED) is 0.745. The van der Waals surface area contributed by atoms with E-state index in [1.54, 1.807) is 4.90 Å². The fraction of sp³-hybridized carbons (Fsp3) is 0.450. The van der Waals surface area contributed by atoms with Gasteiger partial charge in [0, 0.05) is 43.5 Å². The van der Waals surface area contributed by atoms with E-state index in [1.807, 2.05) is 37.4 Å². The maximum atomic E-state index is 13.1. The number of fused-ring (bicyclic) bond motifs is 1. The zero-order valence-electron chi connectivity index (χ0n) is 15.6. The average molecular weight is 371 g/mol. The molecule has 2 heterocycles. The molecule has 0 radical (unpaired) electrons. The molecule has 7 nitrogen and oxygen atoms in total. The maximum Gasteiger partial charge on any atom is 0.308 e. The molecule has 1 aliphatic heterocycles. The van der Waals surface area contributed by atoms with Gasteiger partial charge in [-0.05, 0) is 24.0 Å². The maximum absolute atomic E-state index is 13.1. The van der Waals surface area contributed by atoms with Gasteiger partial charge in [0.25, 0.3) is 0 Å². The van der Waals surface area contributed by atoms with Crippen molar-refractivity contribution in [2.75, 3.05) is 13.1 Å². The third-order valence-corrected chi connectivity index (χ3v) is 5.10. The Morgan fingerprint density at radius 3 is 2.74 bits per heavy atom. The molecule has 1 fully saturated rings. The van der Waals surface area contributed by atoms with E-state index in [0.717, 1.165) is 16.5 Å². The third-order valence-electron chi connectivity index (χ3n) is 5.10. The summed E-state index contributed by atoms with van der Waals surface area (Å²) >= 11 is 0. The first-order valence-electron chi connectivity index (χ1n) is 9.18. The smallest absolute Gasteiger partial charge is 0.308 e. The van der Waals surface area contributed by atoms with Gasteiger partial charge in [-0.2, -0.15) is 0 Å². The Kier molecular flexibility index (Phi) is 5.48. The number of nitrogens with one attached hydrogen (secondary N) is 2. The van der Waals surface area contributed by atoms with Crippen LogP contribution in [0.3, 0.4) is 0 Å². The zero-order valence-corrected chi connectivity index (χ0v) is 15.6. The van der Waals surface area contributed by atoms with Crippen molar-refractivity contribution in [2.45, 2.75) is 32.7 Å².